The quantitative estimate of drug-likeness (QED) is 0.652. The van der Waals surface area contributed by atoms with Crippen molar-refractivity contribution in [2.75, 3.05) is 37.6 Å². The SMILES string of the molecule is Cc1nn(C2CCC(=O)NC2=O)c(=O)c2cc(N3CCN(CCC(=O)O)CC3)ccc12. The van der Waals surface area contributed by atoms with Gasteiger partial charge in [-0.25, -0.2) is 4.68 Å². The maximum atomic E-state index is 13.2. The largest absolute Gasteiger partial charge is 0.481 e. The number of carboxylic acid groups (broad SMARTS) is 1. The first-order valence-corrected chi connectivity index (χ1v) is 10.4. The molecule has 0 saturated carbocycles. The molecule has 0 bridgehead atoms. The zero-order valence-electron chi connectivity index (χ0n) is 17.3. The van der Waals surface area contributed by atoms with Gasteiger partial charge in [0.05, 0.1) is 17.5 Å². The van der Waals surface area contributed by atoms with Crippen molar-refractivity contribution in [3.8, 4) is 0 Å². The lowest BCUT2D eigenvalue weighted by molar-refractivity contribution is -0.138. The molecule has 10 nitrogen and oxygen atoms in total. The molecule has 0 radical (unpaired) electrons. The summed E-state index contributed by atoms with van der Waals surface area (Å²) in [6, 6.07) is 4.87. The number of carboxylic acids is 1. The molecule has 31 heavy (non-hydrogen) atoms. The van der Waals surface area contributed by atoms with Crippen LogP contribution in [-0.4, -0.2) is 70.3 Å². The van der Waals surface area contributed by atoms with Crippen molar-refractivity contribution in [2.45, 2.75) is 32.2 Å². The summed E-state index contributed by atoms with van der Waals surface area (Å²) >= 11 is 0. The number of anilines is 1. The number of benzene rings is 1. The molecule has 2 amide bonds. The predicted molar refractivity (Wildman–Crippen MR) is 113 cm³/mol. The molecule has 0 aliphatic carbocycles. The van der Waals surface area contributed by atoms with Crippen molar-refractivity contribution in [1.82, 2.24) is 20.0 Å². The van der Waals surface area contributed by atoms with Crippen LogP contribution in [0, 0.1) is 6.92 Å². The van der Waals surface area contributed by atoms with Crippen LogP contribution in [0.1, 0.15) is 31.0 Å². The van der Waals surface area contributed by atoms with E-state index in [-0.39, 0.29) is 30.7 Å². The van der Waals surface area contributed by atoms with Crippen molar-refractivity contribution >= 4 is 34.2 Å². The average Bonchev–Trinajstić information content (AvgIpc) is 2.75. The van der Waals surface area contributed by atoms with E-state index in [2.05, 4.69) is 20.2 Å². The van der Waals surface area contributed by atoms with Crippen molar-refractivity contribution in [2.24, 2.45) is 0 Å². The number of nitrogens with zero attached hydrogens (tertiary/aromatic N) is 4. The van der Waals surface area contributed by atoms with E-state index < -0.39 is 17.9 Å². The third-order valence-corrected chi connectivity index (χ3v) is 5.97. The molecule has 4 rings (SSSR count). The van der Waals surface area contributed by atoms with Crippen LogP contribution in [0.3, 0.4) is 0 Å². The smallest absolute Gasteiger partial charge is 0.304 e. The summed E-state index contributed by atoms with van der Waals surface area (Å²) in [5, 5.41) is 16.7. The standard InChI is InChI=1S/C21H25N5O5/c1-13-15-3-2-14(25-10-8-24(9-11-25)7-6-19(28)29)12-16(15)21(31)26(23-13)17-4-5-18(27)22-20(17)30/h2-3,12,17H,4-11H2,1H3,(H,28,29)(H,22,27,30). The van der Waals surface area contributed by atoms with Crippen LogP contribution in [0.25, 0.3) is 10.8 Å². The van der Waals surface area contributed by atoms with Gasteiger partial charge in [0.15, 0.2) is 0 Å². The zero-order valence-corrected chi connectivity index (χ0v) is 17.3. The molecule has 10 heteroatoms. The van der Waals surface area contributed by atoms with Gasteiger partial charge in [-0.2, -0.15) is 5.10 Å². The molecule has 2 aliphatic rings. The molecule has 1 aromatic carbocycles. The number of aliphatic carboxylic acids is 1. The Morgan fingerprint density at radius 1 is 1.16 bits per heavy atom. The van der Waals surface area contributed by atoms with Crippen LogP contribution < -0.4 is 15.8 Å². The molecular formula is C21H25N5O5. The summed E-state index contributed by atoms with van der Waals surface area (Å²) in [6.45, 7) is 5.29. The third-order valence-electron chi connectivity index (χ3n) is 5.97. The number of imide groups is 1. The van der Waals surface area contributed by atoms with Crippen molar-refractivity contribution in [3.63, 3.8) is 0 Å². The first kappa shape index (κ1) is 21.0. The Balaban J connectivity index is 1.59. The molecule has 2 N–H and O–H groups in total. The number of fused-ring (bicyclic) bond motifs is 1. The lowest BCUT2D eigenvalue weighted by atomic mass is 10.1. The van der Waals surface area contributed by atoms with E-state index in [1.54, 1.807) is 6.92 Å². The fourth-order valence-electron chi connectivity index (χ4n) is 4.22. The Hall–Kier alpha value is -3.27. The number of hydrogen-bond acceptors (Lipinski definition) is 7. The lowest BCUT2D eigenvalue weighted by Gasteiger charge is -2.36. The summed E-state index contributed by atoms with van der Waals surface area (Å²) in [4.78, 5) is 52.0. The number of piperazine rings is 1. The van der Waals surface area contributed by atoms with Crippen LogP contribution in [0.15, 0.2) is 23.0 Å². The van der Waals surface area contributed by atoms with E-state index in [9.17, 15) is 19.2 Å². The van der Waals surface area contributed by atoms with E-state index >= 15 is 0 Å². The average molecular weight is 427 g/mol. The van der Waals surface area contributed by atoms with Gasteiger partial charge >= 0.3 is 5.97 Å². The molecule has 2 aromatic rings. The van der Waals surface area contributed by atoms with Crippen molar-refractivity contribution < 1.29 is 19.5 Å². The Kier molecular flexibility index (Phi) is 5.73. The van der Waals surface area contributed by atoms with E-state index in [0.717, 1.165) is 37.3 Å². The van der Waals surface area contributed by atoms with Crippen LogP contribution in [0.5, 0.6) is 0 Å². The molecule has 1 aromatic heterocycles. The highest BCUT2D eigenvalue weighted by Gasteiger charge is 2.30. The second-order valence-electron chi connectivity index (χ2n) is 8.00. The molecule has 2 fully saturated rings. The number of aryl methyl sites for hydroxylation is 1. The second-order valence-corrected chi connectivity index (χ2v) is 8.00. The van der Waals surface area contributed by atoms with Gasteiger partial charge in [0.2, 0.25) is 5.91 Å². The van der Waals surface area contributed by atoms with Crippen molar-refractivity contribution in [3.05, 3.63) is 34.2 Å². The van der Waals surface area contributed by atoms with Crippen LogP contribution in [0.4, 0.5) is 5.69 Å². The molecular weight excluding hydrogens is 402 g/mol. The summed E-state index contributed by atoms with van der Waals surface area (Å²) in [6.07, 6.45) is 0.552. The third kappa shape index (κ3) is 4.29. The number of rotatable bonds is 5. The molecule has 2 saturated heterocycles. The van der Waals surface area contributed by atoms with Gasteiger partial charge in [-0.1, -0.05) is 6.07 Å². The minimum absolute atomic E-state index is 0.127. The van der Waals surface area contributed by atoms with Gasteiger partial charge in [-0.3, -0.25) is 29.4 Å². The molecule has 164 valence electrons. The first-order valence-electron chi connectivity index (χ1n) is 10.4. The number of carbonyl (C=O) groups excluding carboxylic acids is 2. The highest BCUT2D eigenvalue weighted by atomic mass is 16.4. The molecule has 1 unspecified atom stereocenters. The van der Waals surface area contributed by atoms with Gasteiger partial charge in [-0.05, 0) is 25.5 Å². The molecule has 2 aliphatic heterocycles. The number of piperidine rings is 1. The summed E-state index contributed by atoms with van der Waals surface area (Å²) in [5.74, 6) is -1.64. The number of carbonyl (C=O) groups is 3. The lowest BCUT2D eigenvalue weighted by Crippen LogP contribution is -2.47. The fourth-order valence-corrected chi connectivity index (χ4v) is 4.22. The normalized spacial score (nSPS) is 20.2. The van der Waals surface area contributed by atoms with Crippen molar-refractivity contribution in [1.29, 1.82) is 0 Å². The fraction of sp³-hybridized carbons (Fsp3) is 0.476. The van der Waals surface area contributed by atoms with Gasteiger partial charge < -0.3 is 10.0 Å². The highest BCUT2D eigenvalue weighted by Crippen LogP contribution is 2.24. The van der Waals surface area contributed by atoms with E-state index in [0.29, 0.717) is 17.6 Å². The topological polar surface area (TPSA) is 125 Å². The maximum absolute atomic E-state index is 13.2. The molecule has 1 atom stereocenters. The Labute approximate surface area is 178 Å². The second kappa shape index (κ2) is 8.46. The zero-order chi connectivity index (χ0) is 22.1. The van der Waals surface area contributed by atoms with Gasteiger partial charge in [0, 0.05) is 50.2 Å². The first-order chi connectivity index (χ1) is 14.8. The molecule has 0 spiro atoms. The summed E-state index contributed by atoms with van der Waals surface area (Å²) in [7, 11) is 0. The van der Waals surface area contributed by atoms with Crippen LogP contribution in [0.2, 0.25) is 0 Å². The number of hydrogen-bond donors (Lipinski definition) is 2. The maximum Gasteiger partial charge on any atom is 0.304 e. The Morgan fingerprint density at radius 2 is 1.90 bits per heavy atom. The highest BCUT2D eigenvalue weighted by molar-refractivity contribution is 5.99. The van der Waals surface area contributed by atoms with Crippen LogP contribution >= 0.6 is 0 Å². The summed E-state index contributed by atoms with van der Waals surface area (Å²) < 4.78 is 1.20. The Bertz CT molecular complexity index is 1100. The number of amides is 2. The molecule has 3 heterocycles. The van der Waals surface area contributed by atoms with E-state index in [1.807, 2.05) is 18.2 Å². The minimum Gasteiger partial charge on any atom is -0.481 e. The minimum atomic E-state index is -0.798. The van der Waals surface area contributed by atoms with Gasteiger partial charge in [-0.15, -0.1) is 0 Å². The van der Waals surface area contributed by atoms with E-state index in [1.165, 1.54) is 4.68 Å². The Morgan fingerprint density at radius 3 is 2.58 bits per heavy atom. The monoisotopic (exact) mass is 427 g/mol. The summed E-state index contributed by atoms with van der Waals surface area (Å²) in [5.41, 5.74) is 1.20. The predicted octanol–water partition coefficient (Wildman–Crippen LogP) is 0.279. The van der Waals surface area contributed by atoms with E-state index in [4.69, 9.17) is 5.11 Å². The number of nitrogens with one attached hydrogen (secondary N) is 1. The van der Waals surface area contributed by atoms with Gasteiger partial charge in [0.25, 0.3) is 11.5 Å². The van der Waals surface area contributed by atoms with Gasteiger partial charge in [0.1, 0.15) is 6.04 Å². The number of aromatic nitrogens is 2. The van der Waals surface area contributed by atoms with Crippen LogP contribution in [-0.2, 0) is 14.4 Å².